The van der Waals surface area contributed by atoms with Crippen LogP contribution in [0.3, 0.4) is 0 Å². The molecule has 4 heteroatoms. The van der Waals surface area contributed by atoms with E-state index >= 15 is 0 Å². The number of hydrogen-bond donors (Lipinski definition) is 2. The first-order chi connectivity index (χ1) is 10.2. The van der Waals surface area contributed by atoms with Gasteiger partial charge < -0.3 is 10.6 Å². The quantitative estimate of drug-likeness (QED) is 0.909. The highest BCUT2D eigenvalue weighted by Crippen LogP contribution is 2.23. The van der Waals surface area contributed by atoms with Gasteiger partial charge in [-0.2, -0.15) is 0 Å². The van der Waals surface area contributed by atoms with Crippen LogP contribution < -0.4 is 10.6 Å². The van der Waals surface area contributed by atoms with Crippen molar-refractivity contribution in [1.82, 2.24) is 10.3 Å². The van der Waals surface area contributed by atoms with Gasteiger partial charge >= 0.3 is 0 Å². The maximum absolute atomic E-state index is 12.4. The van der Waals surface area contributed by atoms with Crippen LogP contribution in [0.25, 0.3) is 0 Å². The first kappa shape index (κ1) is 13.6. The number of aryl methyl sites for hydroxylation is 1. The van der Waals surface area contributed by atoms with E-state index in [9.17, 15) is 4.79 Å². The Morgan fingerprint density at radius 2 is 2.10 bits per heavy atom. The van der Waals surface area contributed by atoms with Crippen LogP contribution in [-0.4, -0.2) is 17.4 Å². The Balaban J connectivity index is 1.73. The number of fused-ring (bicyclic) bond motifs is 1. The lowest BCUT2D eigenvalue weighted by molar-refractivity contribution is 0.0940. The Hall–Kier alpha value is -2.36. The monoisotopic (exact) mass is 281 g/mol. The molecule has 2 heterocycles. The van der Waals surface area contributed by atoms with Gasteiger partial charge in [-0.3, -0.25) is 9.78 Å². The average molecular weight is 281 g/mol. The van der Waals surface area contributed by atoms with E-state index in [1.54, 1.807) is 12.4 Å². The van der Waals surface area contributed by atoms with Crippen LogP contribution >= 0.6 is 0 Å². The smallest absolute Gasteiger partial charge is 0.251 e. The largest absolute Gasteiger partial charge is 0.385 e. The molecule has 2 aromatic rings. The molecule has 0 saturated carbocycles. The third kappa shape index (κ3) is 3.05. The third-order valence-electron chi connectivity index (χ3n) is 3.86. The molecule has 4 nitrogen and oxygen atoms in total. The molecule has 21 heavy (non-hydrogen) atoms. The number of aromatic nitrogens is 1. The molecule has 1 aromatic carbocycles. The van der Waals surface area contributed by atoms with Crippen molar-refractivity contribution in [2.45, 2.75) is 25.8 Å². The van der Waals surface area contributed by atoms with Crippen molar-refractivity contribution < 1.29 is 4.79 Å². The number of amides is 1. The Kier molecular flexibility index (Phi) is 3.86. The van der Waals surface area contributed by atoms with E-state index in [1.807, 2.05) is 37.3 Å². The second-order valence-electron chi connectivity index (χ2n) is 5.38. The molecule has 0 fully saturated rings. The van der Waals surface area contributed by atoms with Crippen LogP contribution in [0.1, 0.15) is 40.9 Å². The van der Waals surface area contributed by atoms with Crippen LogP contribution in [-0.2, 0) is 6.42 Å². The van der Waals surface area contributed by atoms with Crippen LogP contribution in [0.15, 0.2) is 42.7 Å². The van der Waals surface area contributed by atoms with E-state index < -0.39 is 0 Å². The summed E-state index contributed by atoms with van der Waals surface area (Å²) in [5, 5.41) is 6.39. The molecule has 108 valence electrons. The van der Waals surface area contributed by atoms with Gasteiger partial charge in [0.25, 0.3) is 5.91 Å². The summed E-state index contributed by atoms with van der Waals surface area (Å²) in [7, 11) is 0. The van der Waals surface area contributed by atoms with Crippen molar-refractivity contribution in [3.63, 3.8) is 0 Å². The molecule has 1 aliphatic rings. The standard InChI is InChI=1S/C17H19N3O/c1-12(13-6-9-18-10-7-13)20-17(21)15-4-5-16-14(11-15)3-2-8-19-16/h4-7,9-12,19H,2-3,8H2,1H3,(H,20,21). The molecule has 0 radical (unpaired) electrons. The fourth-order valence-electron chi connectivity index (χ4n) is 2.63. The zero-order valence-electron chi connectivity index (χ0n) is 12.1. The number of anilines is 1. The highest BCUT2D eigenvalue weighted by atomic mass is 16.1. The predicted molar refractivity (Wildman–Crippen MR) is 83.4 cm³/mol. The summed E-state index contributed by atoms with van der Waals surface area (Å²) in [6.07, 6.45) is 5.62. The summed E-state index contributed by atoms with van der Waals surface area (Å²) in [4.78, 5) is 16.4. The maximum atomic E-state index is 12.4. The van der Waals surface area contributed by atoms with E-state index in [4.69, 9.17) is 0 Å². The molecule has 0 bridgehead atoms. The Labute approximate surface area is 124 Å². The Bertz CT molecular complexity index is 640. The van der Waals surface area contributed by atoms with E-state index in [0.717, 1.165) is 36.2 Å². The molecule has 2 N–H and O–H groups in total. The Morgan fingerprint density at radius 3 is 2.90 bits per heavy atom. The zero-order chi connectivity index (χ0) is 14.7. The average Bonchev–Trinajstić information content (AvgIpc) is 2.55. The summed E-state index contributed by atoms with van der Waals surface area (Å²) < 4.78 is 0. The van der Waals surface area contributed by atoms with Crippen molar-refractivity contribution >= 4 is 11.6 Å². The summed E-state index contributed by atoms with van der Waals surface area (Å²) in [6.45, 7) is 2.99. The lowest BCUT2D eigenvalue weighted by Crippen LogP contribution is -2.27. The van der Waals surface area contributed by atoms with Crippen LogP contribution in [0, 0.1) is 0 Å². The second kappa shape index (κ2) is 5.95. The molecule has 0 aliphatic carbocycles. The number of nitrogens with one attached hydrogen (secondary N) is 2. The zero-order valence-corrected chi connectivity index (χ0v) is 12.1. The van der Waals surface area contributed by atoms with Gasteiger partial charge in [0.2, 0.25) is 0 Å². The van der Waals surface area contributed by atoms with Gasteiger partial charge in [0.15, 0.2) is 0 Å². The Morgan fingerprint density at radius 1 is 1.29 bits per heavy atom. The van der Waals surface area contributed by atoms with Crippen molar-refractivity contribution in [3.8, 4) is 0 Å². The third-order valence-corrected chi connectivity index (χ3v) is 3.86. The van der Waals surface area contributed by atoms with Gasteiger partial charge in [0.05, 0.1) is 6.04 Å². The number of pyridine rings is 1. The molecule has 0 spiro atoms. The molecule has 3 rings (SSSR count). The molecule has 1 amide bonds. The van der Waals surface area contributed by atoms with Gasteiger partial charge in [-0.15, -0.1) is 0 Å². The molecule has 1 atom stereocenters. The second-order valence-corrected chi connectivity index (χ2v) is 5.38. The number of carbonyl (C=O) groups excluding carboxylic acids is 1. The SMILES string of the molecule is CC(NC(=O)c1ccc2c(c1)CCCN2)c1ccncc1. The van der Waals surface area contributed by atoms with Crippen molar-refractivity contribution in [3.05, 3.63) is 59.4 Å². The number of benzene rings is 1. The van der Waals surface area contributed by atoms with E-state index in [0.29, 0.717) is 0 Å². The number of carbonyl (C=O) groups is 1. The maximum Gasteiger partial charge on any atom is 0.251 e. The van der Waals surface area contributed by atoms with Gasteiger partial charge in [-0.25, -0.2) is 0 Å². The van der Waals surface area contributed by atoms with Gasteiger partial charge in [-0.05, 0) is 61.2 Å². The van der Waals surface area contributed by atoms with E-state index in [-0.39, 0.29) is 11.9 Å². The summed E-state index contributed by atoms with van der Waals surface area (Å²) in [6, 6.07) is 9.68. The summed E-state index contributed by atoms with van der Waals surface area (Å²) >= 11 is 0. The fourth-order valence-corrected chi connectivity index (χ4v) is 2.63. The minimum absolute atomic E-state index is 0.0327. The van der Waals surface area contributed by atoms with Crippen molar-refractivity contribution in [1.29, 1.82) is 0 Å². The summed E-state index contributed by atoms with van der Waals surface area (Å²) in [5.74, 6) is -0.0346. The van der Waals surface area contributed by atoms with Crippen molar-refractivity contribution in [2.75, 3.05) is 11.9 Å². The highest BCUT2D eigenvalue weighted by Gasteiger charge is 2.14. The van der Waals surface area contributed by atoms with Gasteiger partial charge in [0, 0.05) is 30.2 Å². The molecule has 1 aliphatic heterocycles. The molecule has 0 saturated heterocycles. The minimum atomic E-state index is -0.0346. The minimum Gasteiger partial charge on any atom is -0.385 e. The molecule has 1 unspecified atom stereocenters. The topological polar surface area (TPSA) is 54.0 Å². The lowest BCUT2D eigenvalue weighted by atomic mass is 10.0. The van der Waals surface area contributed by atoms with E-state index in [2.05, 4.69) is 15.6 Å². The number of rotatable bonds is 3. The highest BCUT2D eigenvalue weighted by molar-refractivity contribution is 5.95. The van der Waals surface area contributed by atoms with E-state index in [1.165, 1.54) is 5.56 Å². The lowest BCUT2D eigenvalue weighted by Gasteiger charge is -2.19. The fraction of sp³-hybridized carbons (Fsp3) is 0.294. The van der Waals surface area contributed by atoms with Gasteiger partial charge in [0.1, 0.15) is 0 Å². The predicted octanol–water partition coefficient (Wildman–Crippen LogP) is 2.93. The number of nitrogens with zero attached hydrogens (tertiary/aromatic N) is 1. The van der Waals surface area contributed by atoms with Crippen molar-refractivity contribution in [2.24, 2.45) is 0 Å². The first-order valence-corrected chi connectivity index (χ1v) is 7.31. The van der Waals surface area contributed by atoms with Crippen LogP contribution in [0.2, 0.25) is 0 Å². The van der Waals surface area contributed by atoms with Crippen LogP contribution in [0.4, 0.5) is 5.69 Å². The summed E-state index contributed by atoms with van der Waals surface area (Å²) in [5.41, 5.74) is 4.15. The first-order valence-electron chi connectivity index (χ1n) is 7.31. The molecule has 1 aromatic heterocycles. The van der Waals surface area contributed by atoms with Crippen LogP contribution in [0.5, 0.6) is 0 Å². The molecular formula is C17H19N3O. The molecular weight excluding hydrogens is 262 g/mol. The van der Waals surface area contributed by atoms with Gasteiger partial charge in [-0.1, -0.05) is 0 Å². The normalized spacial score (nSPS) is 14.7. The number of hydrogen-bond acceptors (Lipinski definition) is 3.